The van der Waals surface area contributed by atoms with Gasteiger partial charge < -0.3 is 9.84 Å². The molecule has 0 bridgehead atoms. The van der Waals surface area contributed by atoms with E-state index in [1.54, 1.807) is 0 Å². The number of halogens is 1. The summed E-state index contributed by atoms with van der Waals surface area (Å²) in [5.74, 6) is -2.13. The van der Waals surface area contributed by atoms with Gasteiger partial charge in [0.25, 0.3) is 0 Å². The molecular weight excluding hydrogens is 301 g/mol. The van der Waals surface area contributed by atoms with Crippen molar-refractivity contribution in [2.75, 3.05) is 26.8 Å². The average Bonchev–Trinajstić information content (AvgIpc) is 2.88. The molecule has 1 aromatic carbocycles. The zero-order valence-corrected chi connectivity index (χ0v) is 12.3. The first-order chi connectivity index (χ1) is 9.86. The molecule has 1 aliphatic rings. The molecule has 1 aliphatic heterocycles. The highest BCUT2D eigenvalue weighted by molar-refractivity contribution is 7.89. The monoisotopic (exact) mass is 317 g/mol. The molecule has 0 spiro atoms. The first-order valence-electron chi connectivity index (χ1n) is 6.38. The Balaban J connectivity index is 2.36. The van der Waals surface area contributed by atoms with E-state index < -0.39 is 32.3 Å². The van der Waals surface area contributed by atoms with Gasteiger partial charge in [-0.05, 0) is 30.5 Å². The zero-order chi connectivity index (χ0) is 15.6. The van der Waals surface area contributed by atoms with Crippen molar-refractivity contribution in [1.29, 1.82) is 0 Å². The molecule has 0 aliphatic carbocycles. The fraction of sp³-hybridized carbons (Fsp3) is 0.462. The first kappa shape index (κ1) is 15.9. The van der Waals surface area contributed by atoms with Gasteiger partial charge in [0.1, 0.15) is 5.82 Å². The van der Waals surface area contributed by atoms with E-state index in [9.17, 15) is 17.6 Å². The fourth-order valence-electron chi connectivity index (χ4n) is 2.41. The van der Waals surface area contributed by atoms with Crippen molar-refractivity contribution in [2.24, 2.45) is 5.92 Å². The van der Waals surface area contributed by atoms with E-state index in [0.717, 1.165) is 18.2 Å². The van der Waals surface area contributed by atoms with Gasteiger partial charge in [0.15, 0.2) is 0 Å². The fourth-order valence-corrected chi connectivity index (χ4v) is 4.14. The number of benzene rings is 1. The molecule has 116 valence electrons. The van der Waals surface area contributed by atoms with Crippen LogP contribution < -0.4 is 0 Å². The van der Waals surface area contributed by atoms with E-state index in [-0.39, 0.29) is 19.0 Å². The molecule has 1 heterocycles. The highest BCUT2D eigenvalue weighted by Crippen LogP contribution is 2.27. The minimum atomic E-state index is -4.03. The summed E-state index contributed by atoms with van der Waals surface area (Å²) >= 11 is 0. The number of carbonyl (C=O) groups is 1. The summed E-state index contributed by atoms with van der Waals surface area (Å²) in [6, 6.07) is 2.65. The van der Waals surface area contributed by atoms with Crippen molar-refractivity contribution >= 4 is 16.0 Å². The van der Waals surface area contributed by atoms with Crippen molar-refractivity contribution in [3.05, 3.63) is 29.6 Å². The van der Waals surface area contributed by atoms with Gasteiger partial charge in [-0.2, -0.15) is 4.31 Å². The molecule has 8 heteroatoms. The highest BCUT2D eigenvalue weighted by Gasteiger charge is 2.35. The Kier molecular flexibility index (Phi) is 4.60. The van der Waals surface area contributed by atoms with Crippen LogP contribution in [0.15, 0.2) is 23.1 Å². The van der Waals surface area contributed by atoms with Gasteiger partial charge in [0.2, 0.25) is 10.0 Å². The number of nitrogens with zero attached hydrogens (tertiary/aromatic N) is 1. The molecule has 0 aromatic heterocycles. The van der Waals surface area contributed by atoms with Crippen LogP contribution in [0, 0.1) is 11.7 Å². The summed E-state index contributed by atoms with van der Waals surface area (Å²) in [6.45, 7) is 0.943. The second-order valence-electron chi connectivity index (χ2n) is 4.92. The van der Waals surface area contributed by atoms with Crippen LogP contribution in [0.4, 0.5) is 4.39 Å². The van der Waals surface area contributed by atoms with Crippen LogP contribution >= 0.6 is 0 Å². The van der Waals surface area contributed by atoms with Crippen molar-refractivity contribution < 1.29 is 27.4 Å². The summed E-state index contributed by atoms with van der Waals surface area (Å²) in [6.07, 6.45) is 0.630. The van der Waals surface area contributed by atoms with E-state index in [2.05, 4.69) is 0 Å². The molecule has 1 N–H and O–H groups in total. The van der Waals surface area contributed by atoms with Crippen LogP contribution in [0.1, 0.15) is 16.8 Å². The summed E-state index contributed by atoms with van der Waals surface area (Å²) < 4.78 is 44.5. The summed E-state index contributed by atoms with van der Waals surface area (Å²) in [4.78, 5) is 10.6. The molecule has 0 radical (unpaired) electrons. The molecule has 1 unspecified atom stereocenters. The largest absolute Gasteiger partial charge is 0.478 e. The molecule has 1 fully saturated rings. The third-order valence-electron chi connectivity index (χ3n) is 3.44. The Morgan fingerprint density at radius 1 is 1.52 bits per heavy atom. The Hall–Kier alpha value is -1.51. The lowest BCUT2D eigenvalue weighted by atomic mass is 10.1. The van der Waals surface area contributed by atoms with Gasteiger partial charge in [0, 0.05) is 20.2 Å². The van der Waals surface area contributed by atoms with E-state index in [1.165, 1.54) is 11.4 Å². The quantitative estimate of drug-likeness (QED) is 0.881. The second kappa shape index (κ2) is 6.08. The number of hydrogen-bond acceptors (Lipinski definition) is 4. The van der Waals surface area contributed by atoms with Crippen molar-refractivity contribution in [2.45, 2.75) is 11.3 Å². The number of hydrogen-bond donors (Lipinski definition) is 1. The van der Waals surface area contributed by atoms with Crippen LogP contribution in [0.3, 0.4) is 0 Å². The Morgan fingerprint density at radius 2 is 2.24 bits per heavy atom. The number of ether oxygens (including phenoxy) is 1. The number of sulfonamides is 1. The maximum atomic E-state index is 13.3. The topological polar surface area (TPSA) is 83.9 Å². The molecule has 0 amide bonds. The van der Waals surface area contributed by atoms with Crippen LogP contribution in [0.25, 0.3) is 0 Å². The highest BCUT2D eigenvalue weighted by atomic mass is 32.2. The maximum absolute atomic E-state index is 13.3. The summed E-state index contributed by atoms with van der Waals surface area (Å²) in [5.41, 5.74) is -0.424. The summed E-state index contributed by atoms with van der Waals surface area (Å²) in [5, 5.41) is 9.07. The molecule has 1 atom stereocenters. The standard InChI is InChI=1S/C13H16FNO5S/c1-20-8-9-4-5-15(7-9)21(18,19)12-6-10(14)2-3-11(12)13(16)17/h2-3,6,9H,4-5,7-8H2,1H3,(H,16,17). The maximum Gasteiger partial charge on any atom is 0.337 e. The van der Waals surface area contributed by atoms with Crippen molar-refractivity contribution in [3.63, 3.8) is 0 Å². The first-order valence-corrected chi connectivity index (χ1v) is 7.82. The van der Waals surface area contributed by atoms with Gasteiger partial charge in [-0.25, -0.2) is 17.6 Å². The SMILES string of the molecule is COCC1CCN(S(=O)(=O)c2cc(F)ccc2C(=O)O)C1. The molecule has 21 heavy (non-hydrogen) atoms. The van der Waals surface area contributed by atoms with Gasteiger partial charge >= 0.3 is 5.97 Å². The lowest BCUT2D eigenvalue weighted by molar-refractivity contribution is 0.0692. The second-order valence-corrected chi connectivity index (χ2v) is 6.83. The lowest BCUT2D eigenvalue weighted by Crippen LogP contribution is -2.30. The number of aromatic carboxylic acids is 1. The molecular formula is C13H16FNO5S. The molecule has 1 saturated heterocycles. The normalized spacial score (nSPS) is 19.8. The van der Waals surface area contributed by atoms with Gasteiger partial charge in [-0.15, -0.1) is 0 Å². The predicted molar refractivity (Wildman–Crippen MR) is 72.1 cm³/mol. The van der Waals surface area contributed by atoms with Gasteiger partial charge in [0.05, 0.1) is 17.1 Å². The van der Waals surface area contributed by atoms with E-state index in [0.29, 0.717) is 13.0 Å². The van der Waals surface area contributed by atoms with Crippen LogP contribution in [-0.2, 0) is 14.8 Å². The Labute approximate surface area is 122 Å². The van der Waals surface area contributed by atoms with Crippen LogP contribution in [0.2, 0.25) is 0 Å². The number of methoxy groups -OCH3 is 1. The molecule has 6 nitrogen and oxygen atoms in total. The van der Waals surface area contributed by atoms with E-state index in [4.69, 9.17) is 9.84 Å². The smallest absolute Gasteiger partial charge is 0.337 e. The van der Waals surface area contributed by atoms with Crippen LogP contribution in [0.5, 0.6) is 0 Å². The third-order valence-corrected chi connectivity index (χ3v) is 5.35. The van der Waals surface area contributed by atoms with Gasteiger partial charge in [-0.3, -0.25) is 0 Å². The zero-order valence-electron chi connectivity index (χ0n) is 11.5. The number of rotatable bonds is 5. The average molecular weight is 317 g/mol. The van der Waals surface area contributed by atoms with Crippen molar-refractivity contribution in [3.8, 4) is 0 Å². The minimum Gasteiger partial charge on any atom is -0.478 e. The third kappa shape index (κ3) is 3.22. The van der Waals surface area contributed by atoms with Crippen molar-refractivity contribution in [1.82, 2.24) is 4.31 Å². The van der Waals surface area contributed by atoms with E-state index in [1.807, 2.05) is 0 Å². The molecule has 1 aromatic rings. The predicted octanol–water partition coefficient (Wildman–Crippen LogP) is 1.18. The minimum absolute atomic E-state index is 0.0617. The Morgan fingerprint density at radius 3 is 2.86 bits per heavy atom. The van der Waals surface area contributed by atoms with E-state index >= 15 is 0 Å². The van der Waals surface area contributed by atoms with Crippen LogP contribution in [-0.4, -0.2) is 50.6 Å². The summed E-state index contributed by atoms with van der Waals surface area (Å²) in [7, 11) is -2.50. The number of carboxylic acids is 1. The number of carboxylic acid groups (broad SMARTS) is 1. The lowest BCUT2D eigenvalue weighted by Gasteiger charge is -2.18. The Bertz CT molecular complexity index is 646. The molecule has 2 rings (SSSR count). The van der Waals surface area contributed by atoms with Gasteiger partial charge in [-0.1, -0.05) is 0 Å². The molecule has 0 saturated carbocycles.